The summed E-state index contributed by atoms with van der Waals surface area (Å²) in [4.78, 5) is 2.42. The maximum absolute atomic E-state index is 6.23. The molecule has 2 atom stereocenters. The van der Waals surface area contributed by atoms with Crippen molar-refractivity contribution in [2.24, 2.45) is 0 Å². The first-order valence-corrected chi connectivity index (χ1v) is 10.5. The molecule has 3 aromatic carbocycles. The first-order valence-electron chi connectivity index (χ1n) is 9.70. The minimum Gasteiger partial charge on any atom is -0.349 e. The molecule has 5 heteroatoms. The van der Waals surface area contributed by atoms with E-state index in [1.807, 2.05) is 24.3 Å². The van der Waals surface area contributed by atoms with Crippen LogP contribution in [0.5, 0.6) is 0 Å². The van der Waals surface area contributed by atoms with E-state index in [1.165, 1.54) is 11.1 Å². The minimum atomic E-state index is -0.382. The lowest BCUT2D eigenvalue weighted by molar-refractivity contribution is -0.218. The summed E-state index contributed by atoms with van der Waals surface area (Å²) in [5.74, 6) is 0. The van der Waals surface area contributed by atoms with Crippen LogP contribution in [0.1, 0.15) is 22.7 Å². The number of morpholine rings is 1. The predicted molar refractivity (Wildman–Crippen MR) is 117 cm³/mol. The fourth-order valence-electron chi connectivity index (χ4n) is 3.71. The SMILES string of the molecule is Clc1cc(Cl)cc(COC2OCCN(Cc3ccccc3)C2c2ccccc2)c1. The van der Waals surface area contributed by atoms with Crippen LogP contribution >= 0.6 is 23.2 Å². The molecule has 0 saturated carbocycles. The number of benzene rings is 3. The van der Waals surface area contributed by atoms with Gasteiger partial charge in [0.1, 0.15) is 0 Å². The highest BCUT2D eigenvalue weighted by molar-refractivity contribution is 6.34. The van der Waals surface area contributed by atoms with Gasteiger partial charge in [0.05, 0.1) is 19.3 Å². The number of ether oxygens (including phenoxy) is 2. The lowest BCUT2D eigenvalue weighted by Crippen LogP contribution is -2.46. The van der Waals surface area contributed by atoms with E-state index < -0.39 is 0 Å². The second kappa shape index (κ2) is 9.75. The Balaban J connectivity index is 1.55. The number of halogens is 2. The number of nitrogens with zero attached hydrogens (tertiary/aromatic N) is 1. The molecular formula is C24H23Cl2NO2. The van der Waals surface area contributed by atoms with E-state index in [0.717, 1.165) is 18.7 Å². The van der Waals surface area contributed by atoms with Crippen molar-refractivity contribution < 1.29 is 9.47 Å². The van der Waals surface area contributed by atoms with Crippen molar-refractivity contribution in [3.8, 4) is 0 Å². The maximum Gasteiger partial charge on any atom is 0.177 e. The van der Waals surface area contributed by atoms with Crippen LogP contribution < -0.4 is 0 Å². The summed E-state index contributed by atoms with van der Waals surface area (Å²) in [5.41, 5.74) is 3.38. The smallest absolute Gasteiger partial charge is 0.177 e. The monoisotopic (exact) mass is 427 g/mol. The molecule has 1 fully saturated rings. The van der Waals surface area contributed by atoms with Crippen LogP contribution in [-0.4, -0.2) is 24.3 Å². The Labute approximate surface area is 181 Å². The van der Waals surface area contributed by atoms with Gasteiger partial charge in [0.25, 0.3) is 0 Å². The lowest BCUT2D eigenvalue weighted by Gasteiger charge is -2.41. The van der Waals surface area contributed by atoms with Gasteiger partial charge < -0.3 is 9.47 Å². The van der Waals surface area contributed by atoms with Gasteiger partial charge in [-0.25, -0.2) is 0 Å². The van der Waals surface area contributed by atoms with Crippen molar-refractivity contribution in [1.82, 2.24) is 4.90 Å². The van der Waals surface area contributed by atoms with Crippen LogP contribution in [0.3, 0.4) is 0 Å². The number of rotatable bonds is 6. The molecular weight excluding hydrogens is 405 g/mol. The Morgan fingerprint density at radius 3 is 2.21 bits per heavy atom. The zero-order valence-corrected chi connectivity index (χ0v) is 17.5. The second-order valence-corrected chi connectivity index (χ2v) is 8.01. The summed E-state index contributed by atoms with van der Waals surface area (Å²) in [6.07, 6.45) is -0.382. The molecule has 0 radical (unpaired) electrons. The first kappa shape index (κ1) is 20.4. The summed E-state index contributed by atoms with van der Waals surface area (Å²) in [5, 5.41) is 1.21. The van der Waals surface area contributed by atoms with Crippen molar-refractivity contribution in [3.63, 3.8) is 0 Å². The Morgan fingerprint density at radius 1 is 0.862 bits per heavy atom. The molecule has 3 aromatic rings. The second-order valence-electron chi connectivity index (χ2n) is 7.14. The maximum atomic E-state index is 6.23. The fraction of sp³-hybridized carbons (Fsp3) is 0.250. The molecule has 29 heavy (non-hydrogen) atoms. The summed E-state index contributed by atoms with van der Waals surface area (Å²) < 4.78 is 12.3. The third kappa shape index (κ3) is 5.39. The molecule has 2 unspecified atom stereocenters. The minimum absolute atomic E-state index is 0.000174. The van der Waals surface area contributed by atoms with Gasteiger partial charge in [0, 0.05) is 23.1 Å². The van der Waals surface area contributed by atoms with Crippen LogP contribution in [0.2, 0.25) is 10.0 Å². The topological polar surface area (TPSA) is 21.7 Å². The van der Waals surface area contributed by atoms with E-state index >= 15 is 0 Å². The molecule has 0 bridgehead atoms. The quantitative estimate of drug-likeness (QED) is 0.473. The molecule has 0 aromatic heterocycles. The van der Waals surface area contributed by atoms with Gasteiger partial charge in [-0.2, -0.15) is 0 Å². The van der Waals surface area contributed by atoms with E-state index in [2.05, 4.69) is 53.4 Å². The molecule has 0 spiro atoms. The summed E-state index contributed by atoms with van der Waals surface area (Å²) in [6.45, 7) is 2.69. The lowest BCUT2D eigenvalue weighted by atomic mass is 10.0. The number of hydrogen-bond acceptors (Lipinski definition) is 3. The van der Waals surface area contributed by atoms with Gasteiger partial charge in [0.15, 0.2) is 6.29 Å². The fourth-order valence-corrected chi connectivity index (χ4v) is 4.29. The molecule has 0 N–H and O–H groups in total. The van der Waals surface area contributed by atoms with Crippen molar-refractivity contribution in [1.29, 1.82) is 0 Å². The van der Waals surface area contributed by atoms with Gasteiger partial charge in [0.2, 0.25) is 0 Å². The average Bonchev–Trinajstić information content (AvgIpc) is 2.73. The Kier molecular flexibility index (Phi) is 6.86. The summed E-state index contributed by atoms with van der Waals surface area (Å²) in [6, 6.07) is 26.4. The summed E-state index contributed by atoms with van der Waals surface area (Å²) >= 11 is 12.3. The van der Waals surface area contributed by atoms with Crippen LogP contribution in [0, 0.1) is 0 Å². The molecule has 3 nitrogen and oxygen atoms in total. The van der Waals surface area contributed by atoms with Crippen LogP contribution in [0.25, 0.3) is 0 Å². The molecule has 1 aliphatic rings. The van der Waals surface area contributed by atoms with Crippen LogP contribution in [0.15, 0.2) is 78.9 Å². The van der Waals surface area contributed by atoms with Gasteiger partial charge in [-0.1, -0.05) is 83.9 Å². The molecule has 1 heterocycles. The van der Waals surface area contributed by atoms with Crippen molar-refractivity contribution >= 4 is 23.2 Å². The Bertz CT molecular complexity index is 900. The van der Waals surface area contributed by atoms with E-state index in [-0.39, 0.29) is 12.3 Å². The molecule has 1 aliphatic heterocycles. The van der Waals surface area contributed by atoms with E-state index in [4.69, 9.17) is 32.7 Å². The zero-order chi connectivity index (χ0) is 20.1. The van der Waals surface area contributed by atoms with Crippen molar-refractivity contribution in [2.45, 2.75) is 25.5 Å². The predicted octanol–water partition coefficient (Wildman–Crippen LogP) is 6.11. The van der Waals surface area contributed by atoms with E-state index in [0.29, 0.717) is 23.3 Å². The Hall–Kier alpha value is -1.88. The third-order valence-electron chi connectivity index (χ3n) is 5.02. The highest BCUT2D eigenvalue weighted by atomic mass is 35.5. The highest BCUT2D eigenvalue weighted by Gasteiger charge is 2.34. The van der Waals surface area contributed by atoms with E-state index in [1.54, 1.807) is 6.07 Å². The largest absolute Gasteiger partial charge is 0.349 e. The van der Waals surface area contributed by atoms with Crippen molar-refractivity contribution in [3.05, 3.63) is 106 Å². The molecule has 0 aliphatic carbocycles. The average molecular weight is 428 g/mol. The molecule has 1 saturated heterocycles. The molecule has 150 valence electrons. The third-order valence-corrected chi connectivity index (χ3v) is 5.45. The first-order chi connectivity index (χ1) is 14.2. The molecule has 0 amide bonds. The zero-order valence-electron chi connectivity index (χ0n) is 16.0. The van der Waals surface area contributed by atoms with Crippen molar-refractivity contribution in [2.75, 3.05) is 13.2 Å². The van der Waals surface area contributed by atoms with Gasteiger partial charge in [-0.15, -0.1) is 0 Å². The normalized spacial score (nSPS) is 19.9. The Morgan fingerprint density at radius 2 is 1.52 bits per heavy atom. The van der Waals surface area contributed by atoms with Crippen LogP contribution in [0.4, 0.5) is 0 Å². The number of hydrogen-bond donors (Lipinski definition) is 0. The van der Waals surface area contributed by atoms with Gasteiger partial charge in [-0.3, -0.25) is 4.90 Å². The summed E-state index contributed by atoms with van der Waals surface area (Å²) in [7, 11) is 0. The standard InChI is InChI=1S/C24H23Cl2NO2/c25-21-13-19(14-22(26)15-21)17-29-24-23(20-9-5-2-6-10-20)27(11-12-28-24)16-18-7-3-1-4-8-18/h1-10,13-15,23-24H,11-12,16-17H2. The molecule has 4 rings (SSSR count). The van der Waals surface area contributed by atoms with Gasteiger partial charge >= 0.3 is 0 Å². The van der Waals surface area contributed by atoms with Gasteiger partial charge in [-0.05, 0) is 34.9 Å². The van der Waals surface area contributed by atoms with E-state index in [9.17, 15) is 0 Å². The van der Waals surface area contributed by atoms with Crippen LogP contribution in [-0.2, 0) is 22.6 Å². The highest BCUT2D eigenvalue weighted by Crippen LogP contribution is 2.32.